The van der Waals surface area contributed by atoms with E-state index in [1.54, 1.807) is 22.9 Å². The number of hydrogen-bond acceptors (Lipinski definition) is 4. The molecule has 0 bridgehead atoms. The molecule has 2 aromatic carbocycles. The molecule has 30 heavy (non-hydrogen) atoms. The molecule has 1 aliphatic carbocycles. The Kier molecular flexibility index (Phi) is 5.61. The fourth-order valence-electron chi connectivity index (χ4n) is 3.75. The maximum Gasteiger partial charge on any atom is 0.335 e. The number of aromatic nitrogens is 2. The van der Waals surface area contributed by atoms with E-state index in [1.165, 1.54) is 24.3 Å². The third-order valence-corrected chi connectivity index (χ3v) is 7.86. The van der Waals surface area contributed by atoms with Crippen molar-refractivity contribution >= 4 is 39.0 Å². The number of hydrogen-bond donors (Lipinski definition) is 1. The lowest BCUT2D eigenvalue weighted by Gasteiger charge is -2.08. The molecule has 1 N–H and O–H groups in total. The first-order valence-corrected chi connectivity index (χ1v) is 11.7. The number of aromatic carboxylic acids is 1. The fraction of sp³-hybridized carbons (Fsp3) is 0.238. The van der Waals surface area contributed by atoms with Crippen molar-refractivity contribution in [1.82, 2.24) is 9.78 Å². The zero-order valence-electron chi connectivity index (χ0n) is 15.8. The summed E-state index contributed by atoms with van der Waals surface area (Å²) in [4.78, 5) is 11.0. The Morgan fingerprint density at radius 2 is 1.60 bits per heavy atom. The average molecular weight is 465 g/mol. The van der Waals surface area contributed by atoms with Crippen molar-refractivity contribution < 1.29 is 18.3 Å². The number of fused-ring (bicyclic) bond motifs is 1. The lowest BCUT2D eigenvalue weighted by atomic mass is 10.1. The molecular formula is C21H18Cl2N2O4S. The Morgan fingerprint density at radius 1 is 0.967 bits per heavy atom. The zero-order valence-corrected chi connectivity index (χ0v) is 18.1. The number of carboxylic acid groups (broad SMARTS) is 1. The van der Waals surface area contributed by atoms with Gasteiger partial charge in [0.15, 0.2) is 5.03 Å². The molecule has 0 saturated carbocycles. The third-order valence-electron chi connectivity index (χ3n) is 5.19. The first-order valence-electron chi connectivity index (χ1n) is 9.44. The smallest absolute Gasteiger partial charge is 0.335 e. The summed E-state index contributed by atoms with van der Waals surface area (Å²) in [6.45, 7) is 0. The Labute approximate surface area is 184 Å². The van der Waals surface area contributed by atoms with Gasteiger partial charge < -0.3 is 5.11 Å². The number of rotatable bonds is 4. The van der Waals surface area contributed by atoms with Crippen molar-refractivity contribution in [2.24, 2.45) is 0 Å². The van der Waals surface area contributed by atoms with Crippen LogP contribution in [0.3, 0.4) is 0 Å². The number of benzene rings is 2. The molecule has 6 nitrogen and oxygen atoms in total. The second-order valence-electron chi connectivity index (χ2n) is 7.11. The SMILES string of the molecule is O=C(O)c1ccc(-n2nc(S(=O)(=O)c3c(Cl)cccc3Cl)c3c2CCCCC3)cc1. The minimum Gasteiger partial charge on any atom is -0.478 e. The molecule has 0 aliphatic heterocycles. The van der Waals surface area contributed by atoms with Crippen LogP contribution in [0, 0.1) is 0 Å². The van der Waals surface area contributed by atoms with E-state index in [2.05, 4.69) is 5.10 Å². The average Bonchev–Trinajstić information content (AvgIpc) is 2.90. The van der Waals surface area contributed by atoms with Crippen LogP contribution in [0.2, 0.25) is 10.0 Å². The van der Waals surface area contributed by atoms with Crippen LogP contribution in [-0.2, 0) is 22.7 Å². The molecule has 0 saturated heterocycles. The maximum absolute atomic E-state index is 13.5. The van der Waals surface area contributed by atoms with E-state index in [4.69, 9.17) is 28.3 Å². The summed E-state index contributed by atoms with van der Waals surface area (Å²) in [5, 5.41) is 13.7. The van der Waals surface area contributed by atoms with E-state index in [-0.39, 0.29) is 25.5 Å². The highest BCUT2D eigenvalue weighted by atomic mass is 35.5. The molecular weight excluding hydrogens is 447 g/mol. The van der Waals surface area contributed by atoms with Gasteiger partial charge in [0, 0.05) is 11.3 Å². The van der Waals surface area contributed by atoms with Crippen LogP contribution in [0.1, 0.15) is 40.9 Å². The van der Waals surface area contributed by atoms with Crippen molar-refractivity contribution in [1.29, 1.82) is 0 Å². The highest BCUT2D eigenvalue weighted by Gasteiger charge is 2.33. The standard InChI is InChI=1S/C21H18Cl2N2O4S/c22-16-6-4-7-17(23)19(16)30(28,29)20-15-5-2-1-3-8-18(15)25(24-20)14-11-9-13(10-12-14)21(26)27/h4,6-7,9-12H,1-3,5,8H2,(H,26,27). The van der Waals surface area contributed by atoms with Crippen molar-refractivity contribution in [2.45, 2.75) is 42.0 Å². The van der Waals surface area contributed by atoms with Crippen molar-refractivity contribution in [3.8, 4) is 5.69 Å². The van der Waals surface area contributed by atoms with Crippen molar-refractivity contribution in [3.63, 3.8) is 0 Å². The number of nitrogens with zero attached hydrogens (tertiary/aromatic N) is 2. The molecule has 0 fully saturated rings. The maximum atomic E-state index is 13.5. The number of sulfone groups is 1. The van der Waals surface area contributed by atoms with Crippen LogP contribution in [0.15, 0.2) is 52.4 Å². The van der Waals surface area contributed by atoms with Crippen LogP contribution < -0.4 is 0 Å². The number of halogens is 2. The van der Waals surface area contributed by atoms with Crippen LogP contribution >= 0.6 is 23.2 Å². The van der Waals surface area contributed by atoms with E-state index in [0.29, 0.717) is 24.1 Å². The van der Waals surface area contributed by atoms with Gasteiger partial charge in [-0.3, -0.25) is 0 Å². The molecule has 1 heterocycles. The first kappa shape index (κ1) is 20.9. The molecule has 0 radical (unpaired) electrons. The molecule has 0 amide bonds. The van der Waals surface area contributed by atoms with E-state index in [9.17, 15) is 13.2 Å². The van der Waals surface area contributed by atoms with Gasteiger partial charge in [-0.1, -0.05) is 35.7 Å². The summed E-state index contributed by atoms with van der Waals surface area (Å²) in [6, 6.07) is 10.8. The van der Waals surface area contributed by atoms with Gasteiger partial charge >= 0.3 is 5.97 Å². The topological polar surface area (TPSA) is 89.3 Å². The Balaban J connectivity index is 1.92. The van der Waals surface area contributed by atoms with E-state index >= 15 is 0 Å². The highest BCUT2D eigenvalue weighted by molar-refractivity contribution is 7.91. The largest absolute Gasteiger partial charge is 0.478 e. The predicted octanol–water partition coefficient (Wildman–Crippen LogP) is 4.98. The Hall–Kier alpha value is -2.35. The van der Waals surface area contributed by atoms with Crippen molar-refractivity contribution in [2.75, 3.05) is 0 Å². The quantitative estimate of drug-likeness (QED) is 0.549. The van der Waals surface area contributed by atoms with Crippen molar-refractivity contribution in [3.05, 3.63) is 69.3 Å². The summed E-state index contributed by atoms with van der Waals surface area (Å²) in [5.41, 5.74) is 2.24. The fourth-order valence-corrected chi connectivity index (χ4v) is 6.34. The van der Waals surface area contributed by atoms with E-state index in [1.807, 2.05) is 0 Å². The lowest BCUT2D eigenvalue weighted by Crippen LogP contribution is -2.08. The third kappa shape index (κ3) is 3.62. The lowest BCUT2D eigenvalue weighted by molar-refractivity contribution is 0.0697. The van der Waals surface area contributed by atoms with Gasteiger partial charge in [-0.15, -0.1) is 0 Å². The number of carboxylic acids is 1. The van der Waals surface area contributed by atoms with Crippen LogP contribution in [0.5, 0.6) is 0 Å². The van der Waals surface area contributed by atoms with Crippen LogP contribution in [0.25, 0.3) is 5.69 Å². The first-order chi connectivity index (χ1) is 14.3. The van der Waals surface area contributed by atoms with Gasteiger partial charge in [-0.2, -0.15) is 5.10 Å². The molecule has 0 unspecified atom stereocenters. The summed E-state index contributed by atoms with van der Waals surface area (Å²) in [6.07, 6.45) is 4.01. The van der Waals surface area contributed by atoms with Gasteiger partial charge in [-0.05, 0) is 62.1 Å². The zero-order chi connectivity index (χ0) is 21.5. The van der Waals surface area contributed by atoms with E-state index in [0.717, 1.165) is 25.0 Å². The molecule has 0 spiro atoms. The van der Waals surface area contributed by atoms with Gasteiger partial charge in [0.2, 0.25) is 9.84 Å². The molecule has 0 atom stereocenters. The molecule has 9 heteroatoms. The van der Waals surface area contributed by atoms with Gasteiger partial charge in [0.1, 0.15) is 4.90 Å². The van der Waals surface area contributed by atoms with E-state index < -0.39 is 15.8 Å². The summed E-state index contributed by atoms with van der Waals surface area (Å²) < 4.78 is 28.7. The van der Waals surface area contributed by atoms with Gasteiger partial charge in [0.05, 0.1) is 21.3 Å². The highest BCUT2D eigenvalue weighted by Crippen LogP contribution is 2.37. The minimum absolute atomic E-state index is 0.0447. The number of carbonyl (C=O) groups is 1. The molecule has 1 aromatic heterocycles. The van der Waals surface area contributed by atoms with Gasteiger partial charge in [-0.25, -0.2) is 17.9 Å². The van der Waals surface area contributed by atoms with Gasteiger partial charge in [0.25, 0.3) is 0 Å². The summed E-state index contributed by atoms with van der Waals surface area (Å²) in [7, 11) is -4.06. The minimum atomic E-state index is -4.06. The second kappa shape index (κ2) is 8.06. The molecule has 1 aliphatic rings. The van der Waals surface area contributed by atoms with Crippen LogP contribution in [-0.4, -0.2) is 29.3 Å². The monoisotopic (exact) mass is 464 g/mol. The summed E-state index contributed by atoms with van der Waals surface area (Å²) >= 11 is 12.4. The summed E-state index contributed by atoms with van der Waals surface area (Å²) in [5.74, 6) is -1.03. The molecule has 4 rings (SSSR count). The predicted molar refractivity (Wildman–Crippen MR) is 114 cm³/mol. The second-order valence-corrected chi connectivity index (χ2v) is 9.73. The Morgan fingerprint density at radius 3 is 2.23 bits per heavy atom. The Bertz CT molecular complexity index is 1210. The molecule has 156 valence electrons. The molecule has 3 aromatic rings. The van der Waals surface area contributed by atoms with Crippen LogP contribution in [0.4, 0.5) is 0 Å². The normalized spacial score (nSPS) is 14.2.